The zero-order valence-corrected chi connectivity index (χ0v) is 12.7. The number of phenolic OH excluding ortho intramolecular Hbond substituents is 1. The zero-order chi connectivity index (χ0) is 16.5. The second kappa shape index (κ2) is 8.46. The Hall–Kier alpha value is -2.98. The summed E-state index contributed by atoms with van der Waals surface area (Å²) in [6.45, 7) is 0.524. The van der Waals surface area contributed by atoms with Crippen LogP contribution in [-0.4, -0.2) is 17.6 Å². The molecule has 6 nitrogen and oxygen atoms in total. The number of amides is 1. The maximum Gasteiger partial charge on any atom is 0.360 e. The fraction of sp³-hybridized carbons (Fsp3) is 0.235. The van der Waals surface area contributed by atoms with Crippen molar-refractivity contribution in [1.82, 2.24) is 4.91 Å². The number of nitrogens with two attached hydrogens (primary N) is 1. The van der Waals surface area contributed by atoms with Gasteiger partial charge in [0, 0.05) is 0 Å². The summed E-state index contributed by atoms with van der Waals surface area (Å²) in [7, 11) is 0. The van der Waals surface area contributed by atoms with E-state index in [1.807, 2.05) is 18.2 Å². The number of nitrogen functional groups attached to an aromatic ring is 1. The molecule has 0 aromatic heterocycles. The van der Waals surface area contributed by atoms with Crippen LogP contribution < -0.4 is 10.6 Å². The minimum absolute atomic E-state index is 0.149. The van der Waals surface area contributed by atoms with Gasteiger partial charge in [-0.15, -0.1) is 0 Å². The molecule has 0 spiro atoms. The molecule has 0 aliphatic rings. The Morgan fingerprint density at radius 2 is 1.91 bits per heavy atom. The molecule has 23 heavy (non-hydrogen) atoms. The van der Waals surface area contributed by atoms with Crippen molar-refractivity contribution < 1.29 is 9.90 Å². The predicted molar refractivity (Wildman–Crippen MR) is 88.1 cm³/mol. The third-order valence-electron chi connectivity index (χ3n) is 3.29. The van der Waals surface area contributed by atoms with Crippen molar-refractivity contribution in [2.75, 3.05) is 12.3 Å². The first-order valence-corrected chi connectivity index (χ1v) is 7.41. The van der Waals surface area contributed by atoms with Gasteiger partial charge in [0.05, 0.1) is 11.3 Å². The minimum Gasteiger partial charge on any atom is -0.506 e. The number of hydrogen-bond acceptors (Lipinski definition) is 4. The van der Waals surface area contributed by atoms with Gasteiger partial charge in [-0.2, -0.15) is 0 Å². The molecule has 0 bridgehead atoms. The Bertz CT molecular complexity index is 723. The monoisotopic (exact) mass is 311 g/mol. The summed E-state index contributed by atoms with van der Waals surface area (Å²) in [6, 6.07) is 14.4. The molecule has 1 amide bonds. The van der Waals surface area contributed by atoms with Crippen molar-refractivity contribution in [3.63, 3.8) is 0 Å². The van der Waals surface area contributed by atoms with Crippen LogP contribution in [0.15, 0.2) is 58.8 Å². The molecule has 3 N–H and O–H groups in total. The fourth-order valence-corrected chi connectivity index (χ4v) is 2.01. The highest BCUT2D eigenvalue weighted by Crippen LogP contribution is 2.20. The van der Waals surface area contributed by atoms with Gasteiger partial charge in [0.2, 0.25) is 10.0 Å². The molecule has 2 aromatic rings. The lowest BCUT2D eigenvalue weighted by molar-refractivity contribution is 0.0992. The quantitative estimate of drug-likeness (QED) is 0.282. The van der Waals surface area contributed by atoms with Gasteiger partial charge in [0.1, 0.15) is 17.4 Å². The van der Waals surface area contributed by atoms with Crippen molar-refractivity contribution >= 4 is 11.6 Å². The summed E-state index contributed by atoms with van der Waals surface area (Å²) in [5.74, 6) is -0.711. The number of phenols is 1. The molecule has 2 rings (SSSR count). The molecular weight excluding hydrogens is 292 g/mol. The van der Waals surface area contributed by atoms with Gasteiger partial charge >= 0.3 is 5.91 Å². The summed E-state index contributed by atoms with van der Waals surface area (Å²) in [5.41, 5.74) is 7.20. The Balaban J connectivity index is 1.75. The maximum atomic E-state index is 11.7. The number of unbranched alkanes of at least 4 members (excludes halogenated alkanes) is 1. The van der Waals surface area contributed by atoms with E-state index < -0.39 is 5.91 Å². The lowest BCUT2D eigenvalue weighted by atomic mass is 10.1. The topological polar surface area (TPSA) is 102 Å². The van der Waals surface area contributed by atoms with E-state index in [2.05, 4.69) is 27.3 Å². The summed E-state index contributed by atoms with van der Waals surface area (Å²) >= 11 is 0. The minimum atomic E-state index is -0.562. The first kappa shape index (κ1) is 16.4. The first-order valence-electron chi connectivity index (χ1n) is 7.41. The second-order valence-electron chi connectivity index (χ2n) is 5.08. The summed E-state index contributed by atoms with van der Waals surface area (Å²) in [4.78, 5) is 15.2. The second-order valence-corrected chi connectivity index (χ2v) is 5.08. The molecule has 0 heterocycles. The van der Waals surface area contributed by atoms with Crippen molar-refractivity contribution in [2.45, 2.75) is 19.3 Å². The van der Waals surface area contributed by atoms with Crippen LogP contribution in [-0.2, 0) is 6.42 Å². The number of hydrogen-bond donors (Lipinski definition) is 2. The molecule has 0 radical (unpaired) electrons. The van der Waals surface area contributed by atoms with Crippen LogP contribution in [0.4, 0.5) is 5.69 Å². The Labute approximate surface area is 134 Å². The van der Waals surface area contributed by atoms with E-state index in [0.29, 0.717) is 6.54 Å². The highest BCUT2D eigenvalue weighted by molar-refractivity contribution is 5.95. The van der Waals surface area contributed by atoms with E-state index >= 15 is 0 Å². The highest BCUT2D eigenvalue weighted by Gasteiger charge is 2.11. The maximum absolute atomic E-state index is 11.7. The molecule has 0 unspecified atom stereocenters. The number of carbonyl (C=O) groups is 1. The van der Waals surface area contributed by atoms with Crippen LogP contribution in [0.1, 0.15) is 28.8 Å². The molecule has 0 saturated heterocycles. The van der Waals surface area contributed by atoms with Crippen molar-refractivity contribution in [1.29, 1.82) is 0 Å². The van der Waals surface area contributed by atoms with Gasteiger partial charge in [0.15, 0.2) is 0 Å². The van der Waals surface area contributed by atoms with E-state index in [9.17, 15) is 9.90 Å². The molecule has 118 valence electrons. The number of carbonyl (C=O) groups excluding carboxylic acids is 1. The van der Waals surface area contributed by atoms with E-state index in [0.717, 1.165) is 19.3 Å². The van der Waals surface area contributed by atoms with Gasteiger partial charge in [-0.1, -0.05) is 30.3 Å². The van der Waals surface area contributed by atoms with E-state index in [1.165, 1.54) is 23.8 Å². The zero-order valence-electron chi connectivity index (χ0n) is 12.7. The van der Waals surface area contributed by atoms with Crippen LogP contribution >= 0.6 is 0 Å². The van der Waals surface area contributed by atoms with E-state index in [-0.39, 0.29) is 17.0 Å². The lowest BCUT2D eigenvalue weighted by Crippen LogP contribution is -1.96. The number of aryl methyl sites for hydroxylation is 1. The average molecular weight is 311 g/mol. The van der Waals surface area contributed by atoms with Crippen molar-refractivity contribution in [2.24, 2.45) is 10.2 Å². The molecular formula is C17H19N4O2+. The third kappa shape index (κ3) is 5.37. The van der Waals surface area contributed by atoms with Crippen LogP contribution in [0, 0.1) is 0 Å². The van der Waals surface area contributed by atoms with Crippen LogP contribution in [0.2, 0.25) is 0 Å². The third-order valence-corrected chi connectivity index (χ3v) is 3.29. The number of benzene rings is 2. The highest BCUT2D eigenvalue weighted by atomic mass is 16.3. The first-order chi connectivity index (χ1) is 11.2. The summed E-state index contributed by atoms with van der Waals surface area (Å²) in [6.07, 6.45) is 2.88. The van der Waals surface area contributed by atoms with Crippen LogP contribution in [0.25, 0.3) is 0 Å². The van der Waals surface area contributed by atoms with Gasteiger partial charge in [-0.25, -0.2) is 0 Å². The Morgan fingerprint density at radius 1 is 1.13 bits per heavy atom. The van der Waals surface area contributed by atoms with Gasteiger partial charge in [0.25, 0.3) is 0 Å². The molecule has 0 aliphatic heterocycles. The normalized spacial score (nSPS) is 9.91. The molecule has 6 heteroatoms. The van der Waals surface area contributed by atoms with Crippen LogP contribution in [0.5, 0.6) is 5.75 Å². The van der Waals surface area contributed by atoms with Crippen molar-refractivity contribution in [3.05, 3.63) is 59.7 Å². The lowest BCUT2D eigenvalue weighted by Gasteiger charge is -1.97. The Kier molecular flexibility index (Phi) is 6.03. The van der Waals surface area contributed by atoms with E-state index in [4.69, 9.17) is 5.73 Å². The predicted octanol–water partition coefficient (Wildman–Crippen LogP) is 3.11. The van der Waals surface area contributed by atoms with Gasteiger partial charge in [-0.3, -0.25) is 4.79 Å². The SMILES string of the molecule is Nc1ccc(C(=O)N=[N+]=NCCCCc2ccccc2)cc1O. The standard InChI is InChI=1S/C17H18N4O2/c18-15-10-9-14(12-16(15)22)17(23)20-21-19-11-5-4-8-13-6-2-1-3-7-13/h1-3,6-7,9-10,12,18H,4-5,8,11H2,(H,19,20,23)/p+1. The largest absolute Gasteiger partial charge is 0.506 e. The van der Waals surface area contributed by atoms with Gasteiger partial charge in [-0.05, 0) is 43.0 Å². The fourth-order valence-electron chi connectivity index (χ4n) is 2.01. The molecule has 0 aliphatic carbocycles. The number of rotatable bonds is 6. The van der Waals surface area contributed by atoms with Gasteiger partial charge < -0.3 is 10.8 Å². The molecule has 0 saturated carbocycles. The summed E-state index contributed by atoms with van der Waals surface area (Å²) < 4.78 is 0. The van der Waals surface area contributed by atoms with E-state index in [1.54, 1.807) is 0 Å². The number of anilines is 1. The number of nitrogens with zero attached hydrogens (tertiary/aromatic N) is 3. The Morgan fingerprint density at radius 3 is 2.65 bits per heavy atom. The number of aromatic hydroxyl groups is 1. The average Bonchev–Trinajstić information content (AvgIpc) is 2.57. The summed E-state index contributed by atoms with van der Waals surface area (Å²) in [5, 5.41) is 16.8. The molecule has 0 atom stereocenters. The van der Waals surface area contributed by atoms with Crippen molar-refractivity contribution in [3.8, 4) is 5.75 Å². The smallest absolute Gasteiger partial charge is 0.360 e. The van der Waals surface area contributed by atoms with Crippen LogP contribution in [0.3, 0.4) is 0 Å². The molecule has 0 fully saturated rings. The molecule has 2 aromatic carbocycles.